The van der Waals surface area contributed by atoms with Crippen molar-refractivity contribution < 1.29 is 13.6 Å². The number of rotatable bonds is 6. The predicted molar refractivity (Wildman–Crippen MR) is 96.9 cm³/mol. The molecule has 3 rings (SSSR count). The Hall–Kier alpha value is -2.58. The Morgan fingerprint density at radius 3 is 2.65 bits per heavy atom. The first kappa shape index (κ1) is 18.2. The lowest BCUT2D eigenvalue weighted by molar-refractivity contribution is 0.0942. The molecule has 0 unspecified atom stereocenters. The van der Waals surface area contributed by atoms with E-state index in [1.54, 1.807) is 16.9 Å². The van der Waals surface area contributed by atoms with Gasteiger partial charge in [0.15, 0.2) is 0 Å². The van der Waals surface area contributed by atoms with Gasteiger partial charge in [0.2, 0.25) is 0 Å². The summed E-state index contributed by atoms with van der Waals surface area (Å²) < 4.78 is 28.4. The van der Waals surface area contributed by atoms with Gasteiger partial charge < -0.3 is 11.1 Å². The van der Waals surface area contributed by atoms with Gasteiger partial charge in [-0.25, -0.2) is 8.78 Å². The molecule has 136 valence electrons. The summed E-state index contributed by atoms with van der Waals surface area (Å²) in [6.07, 6.45) is 1.94. The van der Waals surface area contributed by atoms with E-state index in [-0.39, 0.29) is 18.9 Å². The first-order valence-electron chi connectivity index (χ1n) is 7.99. The summed E-state index contributed by atoms with van der Waals surface area (Å²) in [5.41, 5.74) is 7.97. The maximum absolute atomic E-state index is 13.3. The summed E-state index contributed by atoms with van der Waals surface area (Å²) in [5, 5.41) is 8.82. The Balaban J connectivity index is 1.69. The van der Waals surface area contributed by atoms with Crippen LogP contribution in [0, 0.1) is 11.6 Å². The number of benzene rings is 1. The normalized spacial score (nSPS) is 12.2. The number of halogens is 2. The second-order valence-electron chi connectivity index (χ2n) is 5.93. The molecular weight excluding hydrogens is 358 g/mol. The van der Waals surface area contributed by atoms with E-state index in [9.17, 15) is 13.6 Å². The van der Waals surface area contributed by atoms with E-state index in [0.717, 1.165) is 17.3 Å². The number of aromatic nitrogens is 2. The minimum absolute atomic E-state index is 0.157. The van der Waals surface area contributed by atoms with Crippen LogP contribution in [0.2, 0.25) is 0 Å². The van der Waals surface area contributed by atoms with Crippen LogP contribution < -0.4 is 11.1 Å². The Morgan fingerprint density at radius 1 is 1.31 bits per heavy atom. The van der Waals surface area contributed by atoms with Crippen LogP contribution in [0.25, 0.3) is 11.3 Å². The van der Waals surface area contributed by atoms with E-state index < -0.39 is 17.7 Å². The Morgan fingerprint density at radius 2 is 2.04 bits per heavy atom. The van der Waals surface area contributed by atoms with E-state index in [0.29, 0.717) is 10.4 Å². The molecule has 0 aliphatic carbocycles. The number of amides is 1. The van der Waals surface area contributed by atoms with Gasteiger partial charge in [-0.1, -0.05) is 0 Å². The first-order chi connectivity index (χ1) is 12.5. The summed E-state index contributed by atoms with van der Waals surface area (Å²) in [6, 6.07) is 6.52. The molecule has 0 spiro atoms. The van der Waals surface area contributed by atoms with Crippen LogP contribution in [0.1, 0.15) is 15.2 Å². The van der Waals surface area contributed by atoms with Crippen molar-refractivity contribution >= 4 is 17.2 Å². The number of carbonyl (C=O) groups excluding carboxylic acids is 1. The first-order valence-corrected chi connectivity index (χ1v) is 8.87. The highest BCUT2D eigenvalue weighted by molar-refractivity contribution is 7.12. The monoisotopic (exact) mass is 376 g/mol. The molecule has 0 saturated carbocycles. The third kappa shape index (κ3) is 4.14. The van der Waals surface area contributed by atoms with Gasteiger partial charge in [0.25, 0.3) is 5.91 Å². The summed E-state index contributed by atoms with van der Waals surface area (Å²) >= 11 is 1.31. The number of thiophene rings is 1. The lowest BCUT2D eigenvalue weighted by atomic mass is 10.1. The van der Waals surface area contributed by atoms with Gasteiger partial charge in [-0.3, -0.25) is 9.48 Å². The van der Waals surface area contributed by atoms with Crippen molar-refractivity contribution in [3.8, 4) is 11.3 Å². The predicted octanol–water partition coefficient (Wildman–Crippen LogP) is 2.73. The Labute approximate surface area is 153 Å². The molecule has 3 N–H and O–H groups in total. The molecule has 0 fully saturated rings. The molecule has 0 saturated heterocycles. The smallest absolute Gasteiger partial charge is 0.261 e. The summed E-state index contributed by atoms with van der Waals surface area (Å²) in [6.45, 7) is 0.157. The average Bonchev–Trinajstić information content (AvgIpc) is 3.21. The van der Waals surface area contributed by atoms with Gasteiger partial charge in [-0.2, -0.15) is 5.10 Å². The molecule has 3 aromatic rings. The van der Waals surface area contributed by atoms with Crippen molar-refractivity contribution in [1.29, 1.82) is 0 Å². The highest BCUT2D eigenvalue weighted by Crippen LogP contribution is 2.25. The number of nitrogens with two attached hydrogens (primary N) is 1. The molecule has 2 aromatic heterocycles. The van der Waals surface area contributed by atoms with Crippen LogP contribution in [0.5, 0.6) is 0 Å². The zero-order valence-electron chi connectivity index (χ0n) is 14.1. The molecule has 2 heterocycles. The highest BCUT2D eigenvalue weighted by atomic mass is 32.1. The minimum atomic E-state index is -0.652. The maximum Gasteiger partial charge on any atom is 0.261 e. The largest absolute Gasteiger partial charge is 0.347 e. The Kier molecular flexibility index (Phi) is 5.43. The van der Waals surface area contributed by atoms with E-state index in [2.05, 4.69) is 10.4 Å². The SMILES string of the molecule is Cn1nccc1-c1csc(C(=O)N[C@H](CN)Cc2cc(F)cc(F)c2)c1. The third-order valence-electron chi connectivity index (χ3n) is 3.96. The van der Waals surface area contributed by atoms with E-state index in [1.807, 2.05) is 18.5 Å². The van der Waals surface area contributed by atoms with Crippen molar-refractivity contribution in [3.05, 3.63) is 64.0 Å². The summed E-state index contributed by atoms with van der Waals surface area (Å²) in [5.74, 6) is -1.57. The third-order valence-corrected chi connectivity index (χ3v) is 4.89. The minimum Gasteiger partial charge on any atom is -0.347 e. The van der Waals surface area contributed by atoms with Gasteiger partial charge in [0, 0.05) is 42.8 Å². The number of nitrogens with one attached hydrogen (secondary N) is 1. The van der Waals surface area contributed by atoms with Gasteiger partial charge in [-0.05, 0) is 36.2 Å². The number of carbonyl (C=O) groups is 1. The molecular formula is C18H18F2N4OS. The van der Waals surface area contributed by atoms with E-state index in [1.165, 1.54) is 23.5 Å². The van der Waals surface area contributed by atoms with Crippen LogP contribution in [0.3, 0.4) is 0 Å². The fraction of sp³-hybridized carbons (Fsp3) is 0.222. The van der Waals surface area contributed by atoms with Gasteiger partial charge in [-0.15, -0.1) is 11.3 Å². The van der Waals surface area contributed by atoms with Gasteiger partial charge in [0.05, 0.1) is 10.6 Å². The van der Waals surface area contributed by atoms with Crippen molar-refractivity contribution in [2.45, 2.75) is 12.5 Å². The van der Waals surface area contributed by atoms with Crippen LogP contribution >= 0.6 is 11.3 Å². The zero-order chi connectivity index (χ0) is 18.7. The second kappa shape index (κ2) is 7.76. The molecule has 1 amide bonds. The molecule has 0 radical (unpaired) electrons. The van der Waals surface area contributed by atoms with Gasteiger partial charge >= 0.3 is 0 Å². The molecule has 0 bridgehead atoms. The Bertz CT molecular complexity index is 901. The highest BCUT2D eigenvalue weighted by Gasteiger charge is 2.17. The quantitative estimate of drug-likeness (QED) is 0.695. The lowest BCUT2D eigenvalue weighted by Gasteiger charge is -2.16. The van der Waals surface area contributed by atoms with Crippen molar-refractivity contribution in [3.63, 3.8) is 0 Å². The van der Waals surface area contributed by atoms with Crippen molar-refractivity contribution in [2.75, 3.05) is 6.54 Å². The zero-order valence-corrected chi connectivity index (χ0v) is 14.9. The van der Waals surface area contributed by atoms with Crippen LogP contribution in [0.4, 0.5) is 8.78 Å². The number of aryl methyl sites for hydroxylation is 1. The van der Waals surface area contributed by atoms with Gasteiger partial charge in [0.1, 0.15) is 11.6 Å². The topological polar surface area (TPSA) is 72.9 Å². The molecule has 8 heteroatoms. The molecule has 1 aromatic carbocycles. The summed E-state index contributed by atoms with van der Waals surface area (Å²) in [4.78, 5) is 13.0. The number of hydrogen-bond acceptors (Lipinski definition) is 4. The lowest BCUT2D eigenvalue weighted by Crippen LogP contribution is -2.41. The second-order valence-corrected chi connectivity index (χ2v) is 6.84. The number of nitrogens with zero attached hydrogens (tertiary/aromatic N) is 2. The van der Waals surface area contributed by atoms with E-state index >= 15 is 0 Å². The average molecular weight is 376 g/mol. The van der Waals surface area contributed by atoms with Crippen LogP contribution in [-0.4, -0.2) is 28.3 Å². The summed E-state index contributed by atoms with van der Waals surface area (Å²) in [7, 11) is 1.83. The standard InChI is InChI=1S/C18H18F2N4OS/c1-24-16(2-3-22-24)12-7-17(26-10-12)18(25)23-15(9-21)6-11-4-13(19)8-14(20)5-11/h2-5,7-8,10,15H,6,9,21H2,1H3,(H,23,25)/t15-/m0/s1. The molecule has 0 aliphatic heterocycles. The fourth-order valence-corrected chi connectivity index (χ4v) is 3.51. The molecule has 26 heavy (non-hydrogen) atoms. The molecule has 5 nitrogen and oxygen atoms in total. The van der Waals surface area contributed by atoms with Crippen molar-refractivity contribution in [1.82, 2.24) is 15.1 Å². The fourth-order valence-electron chi connectivity index (χ4n) is 2.71. The maximum atomic E-state index is 13.3. The van der Waals surface area contributed by atoms with Crippen molar-refractivity contribution in [2.24, 2.45) is 12.8 Å². The molecule has 0 aliphatic rings. The molecule has 1 atom stereocenters. The van der Waals surface area contributed by atoms with Crippen LogP contribution in [-0.2, 0) is 13.5 Å². The number of hydrogen-bond donors (Lipinski definition) is 2. The van der Waals surface area contributed by atoms with Crippen LogP contribution in [0.15, 0.2) is 41.9 Å². The van der Waals surface area contributed by atoms with E-state index in [4.69, 9.17) is 5.73 Å².